The number of nitrogens with zero attached hydrogens (tertiary/aromatic N) is 2. The molecule has 1 heterocycles. The summed E-state index contributed by atoms with van der Waals surface area (Å²) in [5.41, 5.74) is 0. The fourth-order valence-electron chi connectivity index (χ4n) is 0.816. The van der Waals surface area contributed by atoms with E-state index in [1.807, 2.05) is 6.92 Å². The zero-order chi connectivity index (χ0) is 9.52. The Morgan fingerprint density at radius 1 is 1.38 bits per heavy atom. The van der Waals surface area contributed by atoms with E-state index in [4.69, 9.17) is 9.52 Å². The van der Waals surface area contributed by atoms with Crippen molar-refractivity contribution >= 4 is 11.8 Å². The third kappa shape index (κ3) is 3.78. The summed E-state index contributed by atoms with van der Waals surface area (Å²) in [5.74, 6) is 3.05. The molecule has 1 aromatic rings. The van der Waals surface area contributed by atoms with Crippen molar-refractivity contribution in [1.82, 2.24) is 10.2 Å². The molecule has 0 aliphatic carbocycles. The van der Waals surface area contributed by atoms with Gasteiger partial charge in [0, 0.05) is 13.0 Å². The van der Waals surface area contributed by atoms with Crippen LogP contribution in [0.4, 0.5) is 0 Å². The molecule has 5 heteroatoms. The number of aliphatic hydroxyl groups excluding tert-OH is 1. The topological polar surface area (TPSA) is 59.2 Å². The summed E-state index contributed by atoms with van der Waals surface area (Å²) in [6.07, 6.45) is 1.60. The highest BCUT2D eigenvalue weighted by atomic mass is 32.2. The van der Waals surface area contributed by atoms with Crippen LogP contribution in [0.1, 0.15) is 25.1 Å². The van der Waals surface area contributed by atoms with Crippen molar-refractivity contribution in [3.8, 4) is 0 Å². The maximum atomic E-state index is 8.54. The van der Waals surface area contributed by atoms with Crippen molar-refractivity contribution in [3.63, 3.8) is 0 Å². The molecule has 4 nitrogen and oxygen atoms in total. The molecular weight excluding hydrogens is 188 g/mol. The first-order valence-corrected chi connectivity index (χ1v) is 5.52. The Morgan fingerprint density at radius 3 is 2.77 bits per heavy atom. The maximum Gasteiger partial charge on any atom is 0.226 e. The van der Waals surface area contributed by atoms with Gasteiger partial charge in [-0.05, 0) is 12.2 Å². The van der Waals surface area contributed by atoms with Crippen molar-refractivity contribution in [3.05, 3.63) is 11.8 Å². The molecule has 0 spiro atoms. The Kier molecular flexibility index (Phi) is 4.85. The average molecular weight is 202 g/mol. The normalized spacial score (nSPS) is 10.6. The molecule has 0 radical (unpaired) electrons. The first kappa shape index (κ1) is 10.5. The van der Waals surface area contributed by atoms with Crippen LogP contribution in [0.2, 0.25) is 0 Å². The highest BCUT2D eigenvalue weighted by Crippen LogP contribution is 2.11. The van der Waals surface area contributed by atoms with Crippen LogP contribution in [0.15, 0.2) is 4.42 Å². The maximum absolute atomic E-state index is 8.54. The second-order valence-electron chi connectivity index (χ2n) is 2.57. The van der Waals surface area contributed by atoms with Crippen molar-refractivity contribution in [1.29, 1.82) is 0 Å². The number of aliphatic hydroxyl groups is 1. The van der Waals surface area contributed by atoms with Crippen LogP contribution in [0.25, 0.3) is 0 Å². The van der Waals surface area contributed by atoms with Crippen molar-refractivity contribution < 1.29 is 9.52 Å². The van der Waals surface area contributed by atoms with Gasteiger partial charge in [-0.2, -0.15) is 11.8 Å². The number of aromatic nitrogens is 2. The van der Waals surface area contributed by atoms with Gasteiger partial charge in [0.05, 0.1) is 5.75 Å². The van der Waals surface area contributed by atoms with Crippen LogP contribution in [-0.4, -0.2) is 27.7 Å². The van der Waals surface area contributed by atoms with Crippen LogP contribution in [-0.2, 0) is 12.2 Å². The zero-order valence-electron chi connectivity index (χ0n) is 7.69. The molecule has 0 amide bonds. The fraction of sp³-hybridized carbons (Fsp3) is 0.750. The second-order valence-corrected chi connectivity index (χ2v) is 3.68. The molecule has 0 atom stereocenters. The lowest BCUT2D eigenvalue weighted by Gasteiger charge is -1.94. The molecule has 1 rings (SSSR count). The highest BCUT2D eigenvalue weighted by molar-refractivity contribution is 7.98. The Bertz CT molecular complexity index is 240. The predicted octanol–water partition coefficient (Wildman–Crippen LogP) is 1.25. The summed E-state index contributed by atoms with van der Waals surface area (Å²) < 4.78 is 5.31. The van der Waals surface area contributed by atoms with Crippen LogP contribution >= 0.6 is 11.8 Å². The summed E-state index contributed by atoms with van der Waals surface area (Å²) in [7, 11) is 0. The number of thioether (sulfide) groups is 1. The van der Waals surface area contributed by atoms with E-state index in [0.717, 1.165) is 24.3 Å². The summed E-state index contributed by atoms with van der Waals surface area (Å²) in [5, 5.41) is 16.3. The van der Waals surface area contributed by atoms with Gasteiger partial charge in [0.25, 0.3) is 0 Å². The van der Waals surface area contributed by atoms with E-state index >= 15 is 0 Å². The van der Waals surface area contributed by atoms with E-state index in [1.165, 1.54) is 0 Å². The van der Waals surface area contributed by atoms with Gasteiger partial charge in [0.15, 0.2) is 0 Å². The number of hydrogen-bond acceptors (Lipinski definition) is 5. The number of aryl methyl sites for hydroxylation is 1. The highest BCUT2D eigenvalue weighted by Gasteiger charge is 2.03. The smallest absolute Gasteiger partial charge is 0.226 e. The minimum atomic E-state index is 0.247. The van der Waals surface area contributed by atoms with Gasteiger partial charge in [-0.1, -0.05) is 6.92 Å². The van der Waals surface area contributed by atoms with E-state index in [0.29, 0.717) is 11.8 Å². The molecule has 0 fully saturated rings. The van der Waals surface area contributed by atoms with Gasteiger partial charge in [0.1, 0.15) is 0 Å². The number of rotatable bonds is 6. The van der Waals surface area contributed by atoms with Crippen LogP contribution in [0.3, 0.4) is 0 Å². The Hall–Kier alpha value is -0.550. The van der Waals surface area contributed by atoms with E-state index in [-0.39, 0.29) is 6.61 Å². The largest absolute Gasteiger partial charge is 0.424 e. The molecule has 0 unspecified atom stereocenters. The first-order chi connectivity index (χ1) is 6.36. The van der Waals surface area contributed by atoms with Gasteiger partial charge in [-0.25, -0.2) is 0 Å². The predicted molar refractivity (Wildman–Crippen MR) is 51.5 cm³/mol. The first-order valence-electron chi connectivity index (χ1n) is 4.36. The molecule has 13 heavy (non-hydrogen) atoms. The van der Waals surface area contributed by atoms with Gasteiger partial charge in [-0.3, -0.25) is 0 Å². The molecule has 0 aromatic carbocycles. The molecule has 0 aliphatic heterocycles. The van der Waals surface area contributed by atoms with E-state index in [2.05, 4.69) is 10.2 Å². The molecule has 0 saturated carbocycles. The second kappa shape index (κ2) is 5.99. The van der Waals surface area contributed by atoms with E-state index < -0.39 is 0 Å². The molecule has 0 bridgehead atoms. The van der Waals surface area contributed by atoms with Gasteiger partial charge in [0.2, 0.25) is 11.8 Å². The van der Waals surface area contributed by atoms with Crippen molar-refractivity contribution in [2.75, 3.05) is 12.4 Å². The molecule has 0 saturated heterocycles. The molecule has 1 N–H and O–H groups in total. The SMILES string of the molecule is CCc1nnc(CSCCCO)o1. The third-order valence-corrected chi connectivity index (χ3v) is 2.51. The molecule has 1 aromatic heterocycles. The average Bonchev–Trinajstić information content (AvgIpc) is 2.60. The van der Waals surface area contributed by atoms with Crippen LogP contribution in [0.5, 0.6) is 0 Å². The van der Waals surface area contributed by atoms with Crippen molar-refractivity contribution in [2.24, 2.45) is 0 Å². The fourth-order valence-corrected chi connectivity index (χ4v) is 1.58. The van der Waals surface area contributed by atoms with E-state index in [1.54, 1.807) is 11.8 Å². The molecule has 0 aliphatic rings. The van der Waals surface area contributed by atoms with Gasteiger partial charge in [-0.15, -0.1) is 10.2 Å². The Balaban J connectivity index is 2.20. The minimum absolute atomic E-state index is 0.247. The summed E-state index contributed by atoms with van der Waals surface area (Å²) in [4.78, 5) is 0. The lowest BCUT2D eigenvalue weighted by molar-refractivity contribution is 0.296. The summed E-state index contributed by atoms with van der Waals surface area (Å²) in [6, 6.07) is 0. The minimum Gasteiger partial charge on any atom is -0.424 e. The third-order valence-electron chi connectivity index (χ3n) is 1.48. The number of hydrogen-bond donors (Lipinski definition) is 1. The summed E-state index contributed by atoms with van der Waals surface area (Å²) >= 11 is 1.70. The quantitative estimate of drug-likeness (QED) is 0.703. The lowest BCUT2D eigenvalue weighted by atomic mass is 10.5. The monoisotopic (exact) mass is 202 g/mol. The molecular formula is C8H14N2O2S. The Morgan fingerprint density at radius 2 is 2.15 bits per heavy atom. The van der Waals surface area contributed by atoms with Gasteiger partial charge < -0.3 is 9.52 Å². The van der Waals surface area contributed by atoms with Crippen LogP contribution < -0.4 is 0 Å². The Labute approximate surface area is 81.7 Å². The standard InChI is InChI=1S/C8H14N2O2S/c1-2-7-9-10-8(12-7)6-13-5-3-4-11/h11H,2-6H2,1H3. The lowest BCUT2D eigenvalue weighted by Crippen LogP contribution is -1.87. The van der Waals surface area contributed by atoms with Gasteiger partial charge >= 0.3 is 0 Å². The van der Waals surface area contributed by atoms with Crippen LogP contribution in [0, 0.1) is 0 Å². The summed E-state index contributed by atoms with van der Waals surface area (Å²) in [6.45, 7) is 2.23. The van der Waals surface area contributed by atoms with E-state index in [9.17, 15) is 0 Å². The molecule has 74 valence electrons. The van der Waals surface area contributed by atoms with Crippen molar-refractivity contribution in [2.45, 2.75) is 25.5 Å². The zero-order valence-corrected chi connectivity index (χ0v) is 8.51.